The average Bonchev–Trinajstić information content (AvgIpc) is 3.35. The lowest BCUT2D eigenvalue weighted by atomic mass is 9.69. The highest BCUT2D eigenvalue weighted by atomic mass is 16.4. The Hall–Kier alpha value is -2.07. The molecule has 2 saturated heterocycles. The van der Waals surface area contributed by atoms with Crippen molar-refractivity contribution in [1.29, 1.82) is 0 Å². The molecular formula is C20H32N6O4. The maximum absolute atomic E-state index is 11.9. The van der Waals surface area contributed by atoms with Crippen LogP contribution in [0.1, 0.15) is 57.3 Å². The zero-order valence-electron chi connectivity index (χ0n) is 17.5. The van der Waals surface area contributed by atoms with Gasteiger partial charge in [0.25, 0.3) is 0 Å². The van der Waals surface area contributed by atoms with Gasteiger partial charge in [0.05, 0.1) is 6.04 Å². The molecule has 1 aromatic heterocycles. The summed E-state index contributed by atoms with van der Waals surface area (Å²) in [6.45, 7) is 4.19. The highest BCUT2D eigenvalue weighted by Crippen LogP contribution is 2.40. The summed E-state index contributed by atoms with van der Waals surface area (Å²) >= 11 is 0. The first-order chi connectivity index (χ1) is 14.4. The molecule has 6 unspecified atom stereocenters. The quantitative estimate of drug-likeness (QED) is 0.586. The Bertz CT molecular complexity index is 770. The summed E-state index contributed by atoms with van der Waals surface area (Å²) < 4.78 is 0. The molecule has 0 spiro atoms. The number of fused-ring (bicyclic) bond motifs is 1. The Balaban J connectivity index is 1.38. The summed E-state index contributed by atoms with van der Waals surface area (Å²) in [5.74, 6) is 0.481. The van der Waals surface area contributed by atoms with Crippen molar-refractivity contribution in [2.45, 2.75) is 70.0 Å². The second-order valence-electron chi connectivity index (χ2n) is 9.21. The number of hydrogen-bond donors (Lipinski definition) is 3. The van der Waals surface area contributed by atoms with E-state index in [1.165, 1.54) is 0 Å². The number of piperidine rings is 1. The molecule has 166 valence electrons. The third-order valence-electron chi connectivity index (χ3n) is 7.14. The first kappa shape index (κ1) is 21.2. The Morgan fingerprint density at radius 1 is 1.13 bits per heavy atom. The van der Waals surface area contributed by atoms with Crippen molar-refractivity contribution < 1.29 is 19.8 Å². The van der Waals surface area contributed by atoms with Gasteiger partial charge in [0, 0.05) is 19.5 Å². The largest absolute Gasteiger partial charge is 0.480 e. The molecule has 0 aromatic carbocycles. The van der Waals surface area contributed by atoms with Crippen LogP contribution in [0, 0.1) is 17.8 Å². The first-order valence-electron chi connectivity index (χ1n) is 11.2. The summed E-state index contributed by atoms with van der Waals surface area (Å²) in [4.78, 5) is 26.9. The number of hydrogen-bond acceptors (Lipinski definition) is 7. The predicted octanol–water partition coefficient (Wildman–Crippen LogP) is 0.805. The summed E-state index contributed by atoms with van der Waals surface area (Å²) in [5.41, 5.74) is 0. The minimum absolute atomic E-state index is 0.0733. The van der Waals surface area contributed by atoms with E-state index in [4.69, 9.17) is 0 Å². The lowest BCUT2D eigenvalue weighted by Crippen LogP contribution is -2.50. The van der Waals surface area contributed by atoms with Gasteiger partial charge in [-0.3, -0.25) is 14.5 Å². The van der Waals surface area contributed by atoms with Crippen LogP contribution in [0.5, 0.6) is 0 Å². The lowest BCUT2D eigenvalue weighted by molar-refractivity contribution is -0.143. The molecule has 0 radical (unpaired) electrons. The third kappa shape index (κ3) is 4.49. The third-order valence-corrected chi connectivity index (χ3v) is 7.14. The Kier molecular flexibility index (Phi) is 6.33. The van der Waals surface area contributed by atoms with Crippen molar-refractivity contribution in [2.75, 3.05) is 19.6 Å². The molecule has 2 aliphatic heterocycles. The molecule has 4 rings (SSSR count). The fraction of sp³-hybridized carbons (Fsp3) is 0.850. The van der Waals surface area contributed by atoms with E-state index in [9.17, 15) is 19.8 Å². The second kappa shape index (κ2) is 8.97. The van der Waals surface area contributed by atoms with Crippen molar-refractivity contribution in [3.8, 4) is 0 Å². The fourth-order valence-corrected chi connectivity index (χ4v) is 5.59. The van der Waals surface area contributed by atoms with Crippen LogP contribution in [0.2, 0.25) is 0 Å². The van der Waals surface area contributed by atoms with E-state index in [-0.39, 0.29) is 6.04 Å². The summed E-state index contributed by atoms with van der Waals surface area (Å²) in [5, 5.41) is 35.0. The molecule has 30 heavy (non-hydrogen) atoms. The molecule has 3 aliphatic rings. The van der Waals surface area contributed by atoms with Gasteiger partial charge >= 0.3 is 11.9 Å². The van der Waals surface area contributed by atoms with Crippen molar-refractivity contribution in [3.63, 3.8) is 0 Å². The topological polar surface area (TPSA) is 133 Å². The average molecular weight is 421 g/mol. The number of rotatable bonds is 7. The van der Waals surface area contributed by atoms with Gasteiger partial charge in [-0.05, 0) is 68.0 Å². The number of aromatic nitrogens is 4. The van der Waals surface area contributed by atoms with Gasteiger partial charge < -0.3 is 15.5 Å². The number of nitrogens with one attached hydrogen (secondary N) is 1. The van der Waals surface area contributed by atoms with Gasteiger partial charge in [-0.2, -0.15) is 4.80 Å². The Morgan fingerprint density at radius 3 is 2.70 bits per heavy atom. The molecule has 10 heteroatoms. The number of carboxylic acids is 2. The van der Waals surface area contributed by atoms with Gasteiger partial charge in [-0.15, -0.1) is 10.2 Å². The lowest BCUT2D eigenvalue weighted by Gasteiger charge is -2.42. The molecule has 0 amide bonds. The van der Waals surface area contributed by atoms with Crippen LogP contribution in [-0.4, -0.2) is 79.0 Å². The number of tetrazole rings is 1. The maximum Gasteiger partial charge on any atom is 0.321 e. The monoisotopic (exact) mass is 420 g/mol. The van der Waals surface area contributed by atoms with Crippen LogP contribution in [0.15, 0.2) is 0 Å². The van der Waals surface area contributed by atoms with E-state index in [2.05, 4.69) is 32.6 Å². The number of carbonyl (C=O) groups is 2. The van der Waals surface area contributed by atoms with Gasteiger partial charge in [0.1, 0.15) is 12.1 Å². The number of likely N-dealkylation sites (tertiary alicyclic amines) is 1. The molecule has 3 heterocycles. The van der Waals surface area contributed by atoms with Crippen LogP contribution in [0.3, 0.4) is 0 Å². The van der Waals surface area contributed by atoms with Gasteiger partial charge in [-0.25, -0.2) is 0 Å². The molecular weight excluding hydrogens is 388 g/mol. The van der Waals surface area contributed by atoms with Crippen LogP contribution in [0.25, 0.3) is 0 Å². The predicted molar refractivity (Wildman–Crippen MR) is 107 cm³/mol. The molecule has 3 N–H and O–H groups in total. The molecule has 1 aromatic rings. The van der Waals surface area contributed by atoms with E-state index in [0.717, 1.165) is 45.2 Å². The fourth-order valence-electron chi connectivity index (χ4n) is 5.59. The molecule has 1 aliphatic carbocycles. The minimum Gasteiger partial charge on any atom is -0.480 e. The van der Waals surface area contributed by atoms with E-state index in [0.29, 0.717) is 43.0 Å². The normalized spacial score (nSPS) is 34.6. The number of aryl methyl sites for hydroxylation is 1. The Morgan fingerprint density at radius 2 is 1.97 bits per heavy atom. The number of carboxylic acid groups (broad SMARTS) is 2. The highest BCUT2D eigenvalue weighted by molar-refractivity contribution is 5.74. The second-order valence-corrected chi connectivity index (χ2v) is 9.21. The molecule has 10 nitrogen and oxygen atoms in total. The van der Waals surface area contributed by atoms with Crippen molar-refractivity contribution in [3.05, 3.63) is 5.82 Å². The van der Waals surface area contributed by atoms with E-state index < -0.39 is 24.0 Å². The number of nitrogens with zero attached hydrogens (tertiary/aromatic N) is 5. The zero-order valence-corrected chi connectivity index (χ0v) is 17.5. The van der Waals surface area contributed by atoms with E-state index in [1.807, 2.05) is 0 Å². The molecule has 0 bridgehead atoms. The number of aliphatic carboxylic acids is 2. The highest BCUT2D eigenvalue weighted by Gasteiger charge is 2.42. The summed E-state index contributed by atoms with van der Waals surface area (Å²) in [7, 11) is 0. The summed E-state index contributed by atoms with van der Waals surface area (Å²) in [6.07, 6.45) is 6.00. The first-order valence-corrected chi connectivity index (χ1v) is 11.2. The van der Waals surface area contributed by atoms with Crippen molar-refractivity contribution >= 4 is 11.9 Å². The standard InChI is InChI=1S/C20H32N6O4/c1-2-3-18-22-24-26(23-18)15-8-17(20(29)30)25(11-15)10-12-4-5-13-9-21-16(19(27)28)7-14(13)6-12/h12-17,21H,2-11H2,1H3,(H,27,28)(H,29,30). The minimum atomic E-state index is -0.798. The molecule has 6 atom stereocenters. The van der Waals surface area contributed by atoms with Gasteiger partial charge in [0.15, 0.2) is 5.82 Å². The Labute approximate surface area is 176 Å². The van der Waals surface area contributed by atoms with Crippen LogP contribution < -0.4 is 5.32 Å². The van der Waals surface area contributed by atoms with Gasteiger partial charge in [0.2, 0.25) is 0 Å². The van der Waals surface area contributed by atoms with Crippen molar-refractivity contribution in [1.82, 2.24) is 30.4 Å². The van der Waals surface area contributed by atoms with Crippen LogP contribution in [-0.2, 0) is 16.0 Å². The molecule has 1 saturated carbocycles. The van der Waals surface area contributed by atoms with Gasteiger partial charge in [-0.1, -0.05) is 6.92 Å². The van der Waals surface area contributed by atoms with E-state index >= 15 is 0 Å². The molecule has 3 fully saturated rings. The van der Waals surface area contributed by atoms with Crippen LogP contribution >= 0.6 is 0 Å². The SMILES string of the molecule is CCCc1nnn(C2CC(C(=O)O)N(CC3CCC4CNC(C(=O)O)CC4C3)C2)n1. The zero-order chi connectivity index (χ0) is 21.3. The van der Waals surface area contributed by atoms with E-state index in [1.54, 1.807) is 4.80 Å². The summed E-state index contributed by atoms with van der Waals surface area (Å²) in [6, 6.07) is -1.06. The maximum atomic E-state index is 11.9. The van der Waals surface area contributed by atoms with Crippen LogP contribution in [0.4, 0.5) is 0 Å². The van der Waals surface area contributed by atoms with Crippen molar-refractivity contribution in [2.24, 2.45) is 17.8 Å². The smallest absolute Gasteiger partial charge is 0.321 e.